The predicted molar refractivity (Wildman–Crippen MR) is 83.8 cm³/mol. The summed E-state index contributed by atoms with van der Waals surface area (Å²) in [5.74, 6) is 1.78. The fourth-order valence-electron chi connectivity index (χ4n) is 2.68. The van der Waals surface area contributed by atoms with E-state index in [1.165, 1.54) is 5.01 Å². The Bertz CT molecular complexity index is 617. The predicted octanol–water partition coefficient (Wildman–Crippen LogP) is 3.09. The summed E-state index contributed by atoms with van der Waals surface area (Å²) in [5, 5.41) is 6.14. The molecule has 0 aromatic carbocycles. The van der Waals surface area contributed by atoms with Crippen molar-refractivity contribution in [1.29, 1.82) is 0 Å². The van der Waals surface area contributed by atoms with Crippen LogP contribution < -0.4 is 5.32 Å². The number of nitrogens with zero attached hydrogens (tertiary/aromatic N) is 3. The van der Waals surface area contributed by atoms with Gasteiger partial charge in [-0.2, -0.15) is 0 Å². The first-order valence-electron chi connectivity index (χ1n) is 7.50. The molecule has 2 amide bonds. The first-order chi connectivity index (χ1) is 10.6. The van der Waals surface area contributed by atoms with Crippen LogP contribution in [-0.4, -0.2) is 34.0 Å². The van der Waals surface area contributed by atoms with E-state index in [9.17, 15) is 4.79 Å². The minimum Gasteiger partial charge on any atom is -0.444 e. The van der Waals surface area contributed by atoms with Crippen LogP contribution in [0.1, 0.15) is 48.4 Å². The number of nitrogens with one attached hydrogen (secondary N) is 1. The summed E-state index contributed by atoms with van der Waals surface area (Å²) in [4.78, 5) is 22.7. The van der Waals surface area contributed by atoms with Gasteiger partial charge in [0.2, 0.25) is 5.89 Å². The number of aryl methyl sites for hydroxylation is 1. The van der Waals surface area contributed by atoms with Gasteiger partial charge in [0.25, 0.3) is 0 Å². The lowest BCUT2D eigenvalue weighted by molar-refractivity contribution is 0.176. The Labute approximate surface area is 133 Å². The minimum atomic E-state index is -0.224. The van der Waals surface area contributed by atoms with Crippen LogP contribution in [0.2, 0.25) is 0 Å². The molecule has 6 nitrogen and oxygen atoms in total. The number of thiazole rings is 1. The fraction of sp³-hybridized carbons (Fsp3) is 0.533. The van der Waals surface area contributed by atoms with E-state index in [2.05, 4.69) is 15.3 Å². The van der Waals surface area contributed by atoms with Gasteiger partial charge in [-0.15, -0.1) is 11.3 Å². The Hall–Kier alpha value is -1.89. The van der Waals surface area contributed by atoms with Gasteiger partial charge in [-0.25, -0.2) is 14.8 Å². The van der Waals surface area contributed by atoms with Gasteiger partial charge in [0.05, 0.1) is 11.2 Å². The van der Waals surface area contributed by atoms with Gasteiger partial charge in [-0.3, -0.25) is 0 Å². The highest BCUT2D eigenvalue weighted by Gasteiger charge is 2.26. The Kier molecular flexibility index (Phi) is 4.42. The third kappa shape index (κ3) is 3.30. The maximum atomic E-state index is 12.3. The molecule has 3 rings (SSSR count). The maximum Gasteiger partial charge on any atom is 0.318 e. The molecule has 1 aliphatic heterocycles. The van der Waals surface area contributed by atoms with Gasteiger partial charge in [0.1, 0.15) is 11.8 Å². The lowest BCUT2D eigenvalue weighted by atomic mass is 9.98. The smallest absolute Gasteiger partial charge is 0.318 e. The highest BCUT2D eigenvalue weighted by molar-refractivity contribution is 7.09. The van der Waals surface area contributed by atoms with Crippen LogP contribution in [0.15, 0.2) is 22.2 Å². The number of carbonyl (C=O) groups excluding carboxylic acids is 1. The van der Waals surface area contributed by atoms with Crippen LogP contribution in [0.25, 0.3) is 0 Å². The number of piperidine rings is 1. The van der Waals surface area contributed by atoms with Crippen molar-refractivity contribution in [1.82, 2.24) is 20.2 Å². The van der Waals surface area contributed by atoms with Crippen molar-refractivity contribution in [2.45, 2.75) is 38.6 Å². The van der Waals surface area contributed by atoms with Gasteiger partial charge in [0.15, 0.2) is 0 Å². The number of amides is 2. The molecule has 1 atom stereocenters. The van der Waals surface area contributed by atoms with E-state index in [0.717, 1.165) is 31.7 Å². The molecule has 0 radical (unpaired) electrons. The molecule has 7 heteroatoms. The van der Waals surface area contributed by atoms with E-state index >= 15 is 0 Å². The van der Waals surface area contributed by atoms with Crippen LogP contribution in [0, 0.1) is 6.92 Å². The largest absolute Gasteiger partial charge is 0.444 e. The molecule has 1 N–H and O–H groups in total. The van der Waals surface area contributed by atoms with Crippen molar-refractivity contribution in [2.75, 3.05) is 13.1 Å². The second-order valence-electron chi connectivity index (χ2n) is 5.61. The van der Waals surface area contributed by atoms with E-state index in [4.69, 9.17) is 4.42 Å². The van der Waals surface area contributed by atoms with Crippen molar-refractivity contribution in [3.8, 4) is 0 Å². The maximum absolute atomic E-state index is 12.3. The summed E-state index contributed by atoms with van der Waals surface area (Å²) in [6.07, 6.45) is 5.44. The van der Waals surface area contributed by atoms with Crippen molar-refractivity contribution in [3.63, 3.8) is 0 Å². The van der Waals surface area contributed by atoms with Crippen LogP contribution in [0.4, 0.5) is 4.79 Å². The number of aromatic nitrogens is 2. The summed E-state index contributed by atoms with van der Waals surface area (Å²) in [6.45, 7) is 5.24. The topological polar surface area (TPSA) is 71.3 Å². The monoisotopic (exact) mass is 320 g/mol. The average molecular weight is 320 g/mol. The molecule has 3 heterocycles. The molecule has 2 aromatic heterocycles. The summed E-state index contributed by atoms with van der Waals surface area (Å²) in [5.41, 5.74) is 0. The van der Waals surface area contributed by atoms with Crippen molar-refractivity contribution < 1.29 is 9.21 Å². The zero-order valence-electron chi connectivity index (χ0n) is 12.8. The number of hydrogen-bond donors (Lipinski definition) is 1. The Morgan fingerprint density at radius 2 is 2.23 bits per heavy atom. The summed E-state index contributed by atoms with van der Waals surface area (Å²) >= 11 is 1.70. The van der Waals surface area contributed by atoms with Crippen molar-refractivity contribution in [2.24, 2.45) is 0 Å². The summed E-state index contributed by atoms with van der Waals surface area (Å²) in [6, 6.07) is -0.279. The fourth-order valence-corrected chi connectivity index (χ4v) is 3.49. The number of rotatable bonds is 3. The number of urea groups is 1. The molecule has 0 saturated carbocycles. The van der Waals surface area contributed by atoms with E-state index in [1.54, 1.807) is 17.5 Å². The molecule has 1 aliphatic rings. The minimum absolute atomic E-state index is 0.0547. The van der Waals surface area contributed by atoms with E-state index in [1.807, 2.05) is 30.3 Å². The Balaban J connectivity index is 1.51. The highest BCUT2D eigenvalue weighted by atomic mass is 32.1. The van der Waals surface area contributed by atoms with E-state index in [0.29, 0.717) is 11.8 Å². The van der Waals surface area contributed by atoms with Crippen molar-refractivity contribution in [3.05, 3.63) is 34.4 Å². The van der Waals surface area contributed by atoms with Crippen LogP contribution in [0.3, 0.4) is 0 Å². The summed E-state index contributed by atoms with van der Waals surface area (Å²) in [7, 11) is 0. The van der Waals surface area contributed by atoms with Gasteiger partial charge in [-0.1, -0.05) is 0 Å². The number of oxazole rings is 1. The molecule has 1 fully saturated rings. The molecule has 0 bridgehead atoms. The second-order valence-corrected chi connectivity index (χ2v) is 6.54. The third-order valence-corrected chi connectivity index (χ3v) is 4.87. The third-order valence-electron chi connectivity index (χ3n) is 3.93. The highest BCUT2D eigenvalue weighted by Crippen LogP contribution is 2.29. The van der Waals surface area contributed by atoms with Crippen molar-refractivity contribution >= 4 is 17.4 Å². The average Bonchev–Trinajstić information content (AvgIpc) is 3.18. The first kappa shape index (κ1) is 15.0. The van der Waals surface area contributed by atoms with Gasteiger partial charge in [-0.05, 0) is 26.7 Å². The number of carbonyl (C=O) groups is 1. The molecule has 22 heavy (non-hydrogen) atoms. The van der Waals surface area contributed by atoms with Crippen LogP contribution >= 0.6 is 11.3 Å². The number of hydrogen-bond acceptors (Lipinski definition) is 5. The van der Waals surface area contributed by atoms with E-state index < -0.39 is 0 Å². The second kappa shape index (κ2) is 6.48. The quantitative estimate of drug-likeness (QED) is 0.943. The van der Waals surface area contributed by atoms with Gasteiger partial charge >= 0.3 is 6.03 Å². The zero-order chi connectivity index (χ0) is 15.5. The standard InChI is InChI=1S/C15H20N4O2S/c1-10-9-17-13(21-10)11(2)18-15(20)19-6-3-12(4-7-19)14-16-5-8-22-14/h5,8-9,11-12H,3-4,6-7H2,1-2H3,(H,18,20). The molecule has 1 unspecified atom stereocenters. The zero-order valence-corrected chi connectivity index (χ0v) is 13.6. The molecule has 0 spiro atoms. The molecule has 1 saturated heterocycles. The molecule has 0 aliphatic carbocycles. The Morgan fingerprint density at radius 3 is 2.82 bits per heavy atom. The number of likely N-dealkylation sites (tertiary alicyclic amines) is 1. The van der Waals surface area contributed by atoms with Gasteiger partial charge < -0.3 is 14.6 Å². The van der Waals surface area contributed by atoms with Crippen LogP contribution in [-0.2, 0) is 0 Å². The van der Waals surface area contributed by atoms with Gasteiger partial charge in [0, 0.05) is 30.6 Å². The SMILES string of the molecule is Cc1cnc(C(C)NC(=O)N2CCC(c3nccs3)CC2)o1. The molecule has 2 aromatic rings. The lowest BCUT2D eigenvalue weighted by Crippen LogP contribution is -2.44. The van der Waals surface area contributed by atoms with E-state index in [-0.39, 0.29) is 12.1 Å². The normalized spacial score (nSPS) is 17.5. The first-order valence-corrected chi connectivity index (χ1v) is 8.38. The molecular weight excluding hydrogens is 300 g/mol. The molecular formula is C15H20N4O2S. The lowest BCUT2D eigenvalue weighted by Gasteiger charge is -2.31. The molecule has 118 valence electrons. The summed E-state index contributed by atoms with van der Waals surface area (Å²) < 4.78 is 5.45. The van der Waals surface area contributed by atoms with Crippen LogP contribution in [0.5, 0.6) is 0 Å². The Morgan fingerprint density at radius 1 is 1.45 bits per heavy atom.